The minimum atomic E-state index is -0.399. The number of benzene rings is 1. The number of halogens is 2. The van der Waals surface area contributed by atoms with Crippen LogP contribution in [0, 0.1) is 5.82 Å². The maximum absolute atomic E-state index is 13.1. The predicted octanol–water partition coefficient (Wildman–Crippen LogP) is 1.97. The number of nitrogens with one attached hydrogen (secondary N) is 2. The van der Waals surface area contributed by atoms with Gasteiger partial charge >= 0.3 is 0 Å². The fourth-order valence-corrected chi connectivity index (χ4v) is 2.35. The van der Waals surface area contributed by atoms with Gasteiger partial charge in [-0.1, -0.05) is 11.6 Å². The summed E-state index contributed by atoms with van der Waals surface area (Å²) in [5.74, 6) is -0.399. The molecule has 0 aromatic heterocycles. The van der Waals surface area contributed by atoms with E-state index in [1.807, 2.05) is 0 Å². The molecule has 0 aliphatic carbocycles. The first-order chi connectivity index (χ1) is 8.15. The summed E-state index contributed by atoms with van der Waals surface area (Å²) in [7, 11) is 0. The van der Waals surface area contributed by atoms with Gasteiger partial charge in [0.05, 0.1) is 10.6 Å². The zero-order chi connectivity index (χ0) is 12.3. The molecule has 94 valence electrons. The number of hydrogen-bond acceptors (Lipinski definition) is 3. The normalized spacial score (nSPS) is 19.0. The average molecular weight is 258 g/mol. The van der Waals surface area contributed by atoms with E-state index >= 15 is 0 Å². The van der Waals surface area contributed by atoms with Gasteiger partial charge in [0.2, 0.25) is 0 Å². The Bertz CT molecular complexity index is 391. The van der Waals surface area contributed by atoms with Crippen LogP contribution in [0.1, 0.15) is 12.8 Å². The van der Waals surface area contributed by atoms with Crippen molar-refractivity contribution in [3.05, 3.63) is 29.0 Å². The first kappa shape index (κ1) is 12.6. The largest absolute Gasteiger partial charge is 0.378 e. The van der Waals surface area contributed by atoms with Crippen LogP contribution in [0.3, 0.4) is 0 Å². The van der Waals surface area contributed by atoms with E-state index in [0.717, 1.165) is 31.6 Å². The van der Waals surface area contributed by atoms with Gasteiger partial charge < -0.3 is 16.4 Å². The van der Waals surface area contributed by atoms with Gasteiger partial charge in [0.15, 0.2) is 0 Å². The quantitative estimate of drug-likeness (QED) is 0.776. The molecule has 0 atom stereocenters. The Balaban J connectivity index is 2.14. The summed E-state index contributed by atoms with van der Waals surface area (Å²) in [6.45, 7) is 2.45. The highest BCUT2D eigenvalue weighted by Gasteiger charge is 2.30. The van der Waals surface area contributed by atoms with Gasteiger partial charge in [0.1, 0.15) is 5.82 Å². The Morgan fingerprint density at radius 1 is 1.41 bits per heavy atom. The SMILES string of the molecule is NCC1(Nc2ccc(F)c(Cl)c2)CCNCC1. The van der Waals surface area contributed by atoms with Crippen molar-refractivity contribution in [2.45, 2.75) is 18.4 Å². The Morgan fingerprint density at radius 3 is 2.71 bits per heavy atom. The molecule has 1 aromatic carbocycles. The molecule has 0 bridgehead atoms. The van der Waals surface area contributed by atoms with E-state index in [-0.39, 0.29) is 10.6 Å². The van der Waals surface area contributed by atoms with E-state index in [2.05, 4.69) is 10.6 Å². The van der Waals surface area contributed by atoms with Crippen LogP contribution in [0.4, 0.5) is 10.1 Å². The van der Waals surface area contributed by atoms with Crippen LogP contribution >= 0.6 is 11.6 Å². The molecule has 2 rings (SSSR count). The van der Waals surface area contributed by atoms with Crippen LogP contribution in [0.25, 0.3) is 0 Å². The van der Waals surface area contributed by atoms with Crippen molar-refractivity contribution in [2.24, 2.45) is 5.73 Å². The molecule has 3 nitrogen and oxygen atoms in total. The molecule has 0 saturated carbocycles. The fourth-order valence-electron chi connectivity index (χ4n) is 2.17. The van der Waals surface area contributed by atoms with E-state index in [0.29, 0.717) is 6.54 Å². The zero-order valence-electron chi connectivity index (χ0n) is 9.60. The monoisotopic (exact) mass is 257 g/mol. The molecule has 0 radical (unpaired) electrons. The number of nitrogens with two attached hydrogens (primary N) is 1. The number of anilines is 1. The molecule has 1 aromatic rings. The maximum Gasteiger partial charge on any atom is 0.141 e. The Kier molecular flexibility index (Phi) is 3.86. The molecule has 1 aliphatic rings. The van der Waals surface area contributed by atoms with E-state index in [4.69, 9.17) is 17.3 Å². The minimum Gasteiger partial charge on any atom is -0.378 e. The molecule has 0 spiro atoms. The molecule has 0 amide bonds. The second-order valence-corrected chi connectivity index (χ2v) is 4.90. The van der Waals surface area contributed by atoms with Gasteiger partial charge in [-0.2, -0.15) is 0 Å². The third kappa shape index (κ3) is 2.89. The van der Waals surface area contributed by atoms with Crippen molar-refractivity contribution < 1.29 is 4.39 Å². The van der Waals surface area contributed by atoms with Crippen molar-refractivity contribution in [2.75, 3.05) is 25.0 Å². The molecule has 4 N–H and O–H groups in total. The maximum atomic E-state index is 13.1. The van der Waals surface area contributed by atoms with Gasteiger partial charge in [-0.15, -0.1) is 0 Å². The molecule has 0 unspecified atom stereocenters. The van der Waals surface area contributed by atoms with Gasteiger partial charge in [-0.25, -0.2) is 4.39 Å². The highest BCUT2D eigenvalue weighted by atomic mass is 35.5. The summed E-state index contributed by atoms with van der Waals surface area (Å²) in [4.78, 5) is 0. The van der Waals surface area contributed by atoms with Gasteiger partial charge in [0.25, 0.3) is 0 Å². The van der Waals surface area contributed by atoms with Crippen LogP contribution < -0.4 is 16.4 Å². The lowest BCUT2D eigenvalue weighted by atomic mass is 9.88. The third-order valence-corrected chi connectivity index (χ3v) is 3.57. The smallest absolute Gasteiger partial charge is 0.141 e. The molecule has 17 heavy (non-hydrogen) atoms. The highest BCUT2D eigenvalue weighted by Crippen LogP contribution is 2.26. The van der Waals surface area contributed by atoms with Gasteiger partial charge in [-0.05, 0) is 44.1 Å². The van der Waals surface area contributed by atoms with E-state index in [9.17, 15) is 4.39 Å². The molecule has 1 saturated heterocycles. The number of hydrogen-bond donors (Lipinski definition) is 3. The highest BCUT2D eigenvalue weighted by molar-refractivity contribution is 6.31. The van der Waals surface area contributed by atoms with Crippen molar-refractivity contribution in [3.8, 4) is 0 Å². The lowest BCUT2D eigenvalue weighted by molar-refractivity contribution is 0.346. The van der Waals surface area contributed by atoms with E-state index in [1.165, 1.54) is 6.07 Å². The summed E-state index contributed by atoms with van der Waals surface area (Å²) in [5.41, 5.74) is 6.57. The van der Waals surface area contributed by atoms with Crippen molar-refractivity contribution in [3.63, 3.8) is 0 Å². The summed E-state index contributed by atoms with van der Waals surface area (Å²) < 4.78 is 13.1. The van der Waals surface area contributed by atoms with Crippen molar-refractivity contribution in [1.82, 2.24) is 5.32 Å². The second-order valence-electron chi connectivity index (χ2n) is 4.49. The number of piperidine rings is 1. The summed E-state index contributed by atoms with van der Waals surface area (Å²) >= 11 is 5.76. The summed E-state index contributed by atoms with van der Waals surface area (Å²) in [6.07, 6.45) is 1.91. The van der Waals surface area contributed by atoms with Crippen molar-refractivity contribution in [1.29, 1.82) is 0 Å². The lowest BCUT2D eigenvalue weighted by Crippen LogP contribution is -2.52. The zero-order valence-corrected chi connectivity index (χ0v) is 10.4. The molecule has 1 heterocycles. The minimum absolute atomic E-state index is 0.105. The molecule has 1 aliphatic heterocycles. The van der Waals surface area contributed by atoms with E-state index in [1.54, 1.807) is 12.1 Å². The van der Waals surface area contributed by atoms with Gasteiger partial charge in [0, 0.05) is 12.2 Å². The molecule has 5 heteroatoms. The lowest BCUT2D eigenvalue weighted by Gasteiger charge is -2.38. The summed E-state index contributed by atoms with van der Waals surface area (Å²) in [5, 5.41) is 6.83. The standard InChI is InChI=1S/C12H17ClFN3/c13-10-7-9(1-2-11(10)14)17-12(8-15)3-5-16-6-4-12/h1-2,7,16-17H,3-6,8,15H2. The molecule has 1 fully saturated rings. The van der Waals surface area contributed by atoms with Gasteiger partial charge in [-0.3, -0.25) is 0 Å². The predicted molar refractivity (Wildman–Crippen MR) is 68.9 cm³/mol. The topological polar surface area (TPSA) is 50.1 Å². The summed E-state index contributed by atoms with van der Waals surface area (Å²) in [6, 6.07) is 4.67. The van der Waals surface area contributed by atoms with Crippen LogP contribution in [-0.2, 0) is 0 Å². The number of rotatable bonds is 3. The first-order valence-corrected chi connectivity index (χ1v) is 6.17. The fraction of sp³-hybridized carbons (Fsp3) is 0.500. The van der Waals surface area contributed by atoms with E-state index < -0.39 is 5.82 Å². The van der Waals surface area contributed by atoms with Crippen LogP contribution in [0.2, 0.25) is 5.02 Å². The van der Waals surface area contributed by atoms with Crippen LogP contribution in [-0.4, -0.2) is 25.2 Å². The molecular formula is C12H17ClFN3. The average Bonchev–Trinajstić information content (AvgIpc) is 2.35. The Hall–Kier alpha value is -0.840. The van der Waals surface area contributed by atoms with Crippen molar-refractivity contribution >= 4 is 17.3 Å². The first-order valence-electron chi connectivity index (χ1n) is 5.79. The molecular weight excluding hydrogens is 241 g/mol. The third-order valence-electron chi connectivity index (χ3n) is 3.28. The second kappa shape index (κ2) is 5.21. The Labute approximate surface area is 106 Å². The van der Waals surface area contributed by atoms with Crippen LogP contribution in [0.15, 0.2) is 18.2 Å². The Morgan fingerprint density at radius 2 is 2.12 bits per heavy atom. The van der Waals surface area contributed by atoms with Crippen LogP contribution in [0.5, 0.6) is 0 Å².